The lowest BCUT2D eigenvalue weighted by atomic mass is 9.99. The van der Waals surface area contributed by atoms with E-state index in [0.717, 1.165) is 50.0 Å². The number of carbonyl (C=O) groups excluding carboxylic acids is 1. The van der Waals surface area contributed by atoms with Crippen LogP contribution in [0.5, 0.6) is 0 Å². The fourth-order valence-electron chi connectivity index (χ4n) is 4.56. The average Bonchev–Trinajstić information content (AvgIpc) is 3.09. The molecule has 1 aromatic rings. The largest absolute Gasteiger partial charge is 0.381 e. The number of pyridine rings is 1. The number of ether oxygens (including phenoxy) is 1. The molecule has 130 valence electrons. The molecule has 0 aromatic carbocycles. The summed E-state index contributed by atoms with van der Waals surface area (Å²) in [6.45, 7) is 6.72. The smallest absolute Gasteiger partial charge is 0.224 e. The van der Waals surface area contributed by atoms with E-state index in [1.54, 1.807) is 0 Å². The van der Waals surface area contributed by atoms with Gasteiger partial charge in [0.1, 0.15) is 0 Å². The monoisotopic (exact) mass is 329 g/mol. The molecular weight excluding hydrogens is 302 g/mol. The number of aryl methyl sites for hydroxylation is 1. The first kappa shape index (κ1) is 16.0. The van der Waals surface area contributed by atoms with Gasteiger partial charge in [0.05, 0.1) is 12.2 Å². The van der Waals surface area contributed by atoms with Gasteiger partial charge in [-0.05, 0) is 44.2 Å². The van der Waals surface area contributed by atoms with Gasteiger partial charge in [-0.1, -0.05) is 6.07 Å². The number of fused-ring (bicyclic) bond motifs is 1. The van der Waals surface area contributed by atoms with Gasteiger partial charge in [0.2, 0.25) is 5.91 Å². The first-order valence-electron chi connectivity index (χ1n) is 9.24. The molecule has 24 heavy (non-hydrogen) atoms. The van der Waals surface area contributed by atoms with Crippen LogP contribution in [-0.4, -0.2) is 59.1 Å². The van der Waals surface area contributed by atoms with Gasteiger partial charge in [0.25, 0.3) is 0 Å². The maximum atomic E-state index is 12.6. The van der Waals surface area contributed by atoms with Gasteiger partial charge in [0.15, 0.2) is 0 Å². The summed E-state index contributed by atoms with van der Waals surface area (Å²) < 4.78 is 5.47. The van der Waals surface area contributed by atoms with Crippen molar-refractivity contribution in [1.29, 1.82) is 0 Å². The van der Waals surface area contributed by atoms with E-state index in [0.29, 0.717) is 31.0 Å². The normalized spacial score (nSPS) is 28.5. The quantitative estimate of drug-likeness (QED) is 0.847. The zero-order valence-electron chi connectivity index (χ0n) is 14.5. The summed E-state index contributed by atoms with van der Waals surface area (Å²) in [4.78, 5) is 21.8. The third kappa shape index (κ3) is 3.20. The highest BCUT2D eigenvalue weighted by Gasteiger charge is 2.46. The van der Waals surface area contributed by atoms with Crippen molar-refractivity contribution in [2.75, 3.05) is 26.3 Å². The first-order valence-corrected chi connectivity index (χ1v) is 9.24. The molecule has 1 aromatic heterocycles. The summed E-state index contributed by atoms with van der Waals surface area (Å²) in [6.07, 6.45) is 4.11. The number of hydrogen-bond acceptors (Lipinski definition) is 4. The Kier molecular flexibility index (Phi) is 4.55. The molecule has 2 atom stereocenters. The Morgan fingerprint density at radius 1 is 1.21 bits per heavy atom. The summed E-state index contributed by atoms with van der Waals surface area (Å²) in [5, 5.41) is 0. The highest BCUT2D eigenvalue weighted by molar-refractivity contribution is 5.80. The molecule has 3 fully saturated rings. The second kappa shape index (κ2) is 6.81. The van der Waals surface area contributed by atoms with Crippen LogP contribution in [-0.2, 0) is 16.1 Å². The Hall–Kier alpha value is -1.46. The molecule has 0 spiro atoms. The number of aromatic nitrogens is 1. The van der Waals surface area contributed by atoms with Crippen LogP contribution in [0.4, 0.5) is 0 Å². The van der Waals surface area contributed by atoms with Crippen molar-refractivity contribution in [3.05, 3.63) is 29.6 Å². The molecule has 4 rings (SSSR count). The minimum absolute atomic E-state index is 0.296. The standard InChI is InChI=1S/C19H27N3O2/c1-14-3-2-4-16(20-14)13-22-17-5-8-21(18(17)11-19(22)23)12-15-6-9-24-10-7-15/h2-4,15,17-18H,5-13H2,1H3/t17-,18-/m0/s1. The predicted octanol–water partition coefficient (Wildman–Crippen LogP) is 1.99. The molecule has 0 bridgehead atoms. The van der Waals surface area contributed by atoms with Crippen LogP contribution in [0.2, 0.25) is 0 Å². The number of hydrogen-bond donors (Lipinski definition) is 0. The second-order valence-electron chi connectivity index (χ2n) is 7.47. The zero-order valence-corrected chi connectivity index (χ0v) is 14.5. The Balaban J connectivity index is 1.41. The highest BCUT2D eigenvalue weighted by atomic mass is 16.5. The maximum Gasteiger partial charge on any atom is 0.224 e. The third-order valence-electron chi connectivity index (χ3n) is 5.84. The Labute approximate surface area is 144 Å². The number of likely N-dealkylation sites (tertiary alicyclic amines) is 2. The molecule has 0 unspecified atom stereocenters. The van der Waals surface area contributed by atoms with Gasteiger partial charge in [-0.15, -0.1) is 0 Å². The third-order valence-corrected chi connectivity index (χ3v) is 5.84. The van der Waals surface area contributed by atoms with Gasteiger partial charge in [-0.25, -0.2) is 0 Å². The van der Waals surface area contributed by atoms with Crippen molar-refractivity contribution in [3.63, 3.8) is 0 Å². The number of amides is 1. The highest BCUT2D eigenvalue weighted by Crippen LogP contribution is 2.34. The zero-order chi connectivity index (χ0) is 16.5. The van der Waals surface area contributed by atoms with E-state index >= 15 is 0 Å². The average molecular weight is 329 g/mol. The van der Waals surface area contributed by atoms with Crippen molar-refractivity contribution >= 4 is 5.91 Å². The summed E-state index contributed by atoms with van der Waals surface area (Å²) in [6, 6.07) is 6.85. The van der Waals surface area contributed by atoms with Crippen molar-refractivity contribution in [2.45, 2.75) is 51.2 Å². The first-order chi connectivity index (χ1) is 11.7. The minimum atomic E-state index is 0.296. The maximum absolute atomic E-state index is 12.6. The molecule has 0 radical (unpaired) electrons. The topological polar surface area (TPSA) is 45.7 Å². The van der Waals surface area contributed by atoms with Crippen LogP contribution in [0.25, 0.3) is 0 Å². The molecule has 3 aliphatic rings. The summed E-state index contributed by atoms with van der Waals surface area (Å²) in [7, 11) is 0. The number of nitrogens with zero attached hydrogens (tertiary/aromatic N) is 3. The molecular formula is C19H27N3O2. The fraction of sp³-hybridized carbons (Fsp3) is 0.684. The van der Waals surface area contributed by atoms with Crippen molar-refractivity contribution in [1.82, 2.24) is 14.8 Å². The summed E-state index contributed by atoms with van der Waals surface area (Å²) >= 11 is 0. The lowest BCUT2D eigenvalue weighted by Crippen LogP contribution is -2.39. The van der Waals surface area contributed by atoms with Crippen LogP contribution < -0.4 is 0 Å². The van der Waals surface area contributed by atoms with E-state index in [9.17, 15) is 4.79 Å². The Morgan fingerprint density at radius 2 is 2.04 bits per heavy atom. The van der Waals surface area contributed by atoms with E-state index in [1.807, 2.05) is 25.1 Å². The van der Waals surface area contributed by atoms with E-state index < -0.39 is 0 Å². The van der Waals surface area contributed by atoms with E-state index in [4.69, 9.17) is 4.74 Å². The van der Waals surface area contributed by atoms with Crippen LogP contribution in [0.15, 0.2) is 18.2 Å². The molecule has 4 heterocycles. The molecule has 5 nitrogen and oxygen atoms in total. The molecule has 3 saturated heterocycles. The number of carbonyl (C=O) groups is 1. The lowest BCUT2D eigenvalue weighted by molar-refractivity contribution is -0.129. The van der Waals surface area contributed by atoms with Crippen LogP contribution >= 0.6 is 0 Å². The second-order valence-corrected chi connectivity index (χ2v) is 7.47. The van der Waals surface area contributed by atoms with Crippen LogP contribution in [0, 0.1) is 12.8 Å². The SMILES string of the molecule is Cc1cccc(CN2C(=O)C[C@H]3[C@@H]2CCN3CC2CCOCC2)n1. The van der Waals surface area contributed by atoms with Gasteiger partial charge in [-0.2, -0.15) is 0 Å². The predicted molar refractivity (Wildman–Crippen MR) is 91.5 cm³/mol. The van der Waals surface area contributed by atoms with E-state index in [-0.39, 0.29) is 0 Å². The minimum Gasteiger partial charge on any atom is -0.381 e. The fourth-order valence-corrected chi connectivity index (χ4v) is 4.56. The van der Waals surface area contributed by atoms with Crippen molar-refractivity contribution in [3.8, 4) is 0 Å². The van der Waals surface area contributed by atoms with Crippen LogP contribution in [0.1, 0.15) is 37.1 Å². The van der Waals surface area contributed by atoms with Crippen molar-refractivity contribution < 1.29 is 9.53 Å². The Bertz CT molecular complexity index is 600. The molecule has 0 saturated carbocycles. The van der Waals surface area contributed by atoms with Crippen LogP contribution in [0.3, 0.4) is 0 Å². The molecule has 5 heteroatoms. The van der Waals surface area contributed by atoms with Crippen molar-refractivity contribution in [2.24, 2.45) is 5.92 Å². The lowest BCUT2D eigenvalue weighted by Gasteiger charge is -2.30. The van der Waals surface area contributed by atoms with Gasteiger partial charge < -0.3 is 9.64 Å². The summed E-state index contributed by atoms with van der Waals surface area (Å²) in [5.41, 5.74) is 2.02. The van der Waals surface area contributed by atoms with E-state index in [1.165, 1.54) is 12.8 Å². The summed E-state index contributed by atoms with van der Waals surface area (Å²) in [5.74, 6) is 1.03. The molecule has 1 amide bonds. The van der Waals surface area contributed by atoms with Gasteiger partial charge in [0, 0.05) is 50.5 Å². The Morgan fingerprint density at radius 3 is 2.83 bits per heavy atom. The molecule has 0 aliphatic carbocycles. The molecule has 0 N–H and O–H groups in total. The van der Waals surface area contributed by atoms with Gasteiger partial charge >= 0.3 is 0 Å². The molecule has 3 aliphatic heterocycles. The number of rotatable bonds is 4. The van der Waals surface area contributed by atoms with E-state index in [2.05, 4.69) is 14.8 Å². The van der Waals surface area contributed by atoms with Gasteiger partial charge in [-0.3, -0.25) is 14.7 Å².